The molecular formula is C15H25Cl2N3O. The van der Waals surface area contributed by atoms with Crippen molar-refractivity contribution < 1.29 is 4.79 Å². The fourth-order valence-electron chi connectivity index (χ4n) is 2.64. The SMILES string of the molecule is Cc1ncccc1NC(=O)CC(C)C1CCCNC1.Cl.Cl. The van der Waals surface area contributed by atoms with Gasteiger partial charge in [0.05, 0.1) is 11.4 Å². The molecular weight excluding hydrogens is 309 g/mol. The van der Waals surface area contributed by atoms with Gasteiger partial charge in [-0.2, -0.15) is 0 Å². The summed E-state index contributed by atoms with van der Waals surface area (Å²) in [4.78, 5) is 16.2. The van der Waals surface area contributed by atoms with Gasteiger partial charge in [-0.05, 0) is 56.8 Å². The van der Waals surface area contributed by atoms with Crippen LogP contribution in [0.25, 0.3) is 0 Å². The van der Waals surface area contributed by atoms with Gasteiger partial charge in [-0.15, -0.1) is 24.8 Å². The number of nitrogens with one attached hydrogen (secondary N) is 2. The van der Waals surface area contributed by atoms with Crippen LogP contribution in [0.15, 0.2) is 18.3 Å². The van der Waals surface area contributed by atoms with Crippen LogP contribution in [0.5, 0.6) is 0 Å². The van der Waals surface area contributed by atoms with Crippen LogP contribution >= 0.6 is 24.8 Å². The minimum Gasteiger partial charge on any atom is -0.324 e. The zero-order valence-electron chi connectivity index (χ0n) is 12.6. The molecule has 2 N–H and O–H groups in total. The lowest BCUT2D eigenvalue weighted by atomic mass is 9.85. The van der Waals surface area contributed by atoms with E-state index in [4.69, 9.17) is 0 Å². The van der Waals surface area contributed by atoms with Crippen LogP contribution in [0, 0.1) is 18.8 Å². The maximum absolute atomic E-state index is 12.1. The van der Waals surface area contributed by atoms with Gasteiger partial charge in [0.2, 0.25) is 5.91 Å². The first-order chi connectivity index (χ1) is 9.16. The molecule has 0 radical (unpaired) electrons. The third kappa shape index (κ3) is 6.20. The molecule has 0 aliphatic carbocycles. The number of nitrogens with zero attached hydrogens (tertiary/aromatic N) is 1. The van der Waals surface area contributed by atoms with Crippen LogP contribution in [0.2, 0.25) is 0 Å². The molecule has 0 aromatic carbocycles. The second-order valence-electron chi connectivity index (χ2n) is 5.47. The summed E-state index contributed by atoms with van der Waals surface area (Å²) in [5, 5.41) is 6.36. The summed E-state index contributed by atoms with van der Waals surface area (Å²) in [5.41, 5.74) is 1.68. The molecule has 2 atom stereocenters. The van der Waals surface area contributed by atoms with E-state index >= 15 is 0 Å². The fourth-order valence-corrected chi connectivity index (χ4v) is 2.64. The second-order valence-corrected chi connectivity index (χ2v) is 5.47. The van der Waals surface area contributed by atoms with Gasteiger partial charge in [0.15, 0.2) is 0 Å². The maximum atomic E-state index is 12.1. The average Bonchev–Trinajstić information content (AvgIpc) is 2.42. The molecule has 0 spiro atoms. The highest BCUT2D eigenvalue weighted by atomic mass is 35.5. The lowest BCUT2D eigenvalue weighted by Gasteiger charge is -2.28. The molecule has 1 aliphatic rings. The highest BCUT2D eigenvalue weighted by Gasteiger charge is 2.22. The Morgan fingerprint density at radius 1 is 1.52 bits per heavy atom. The van der Waals surface area contributed by atoms with E-state index in [1.54, 1.807) is 6.20 Å². The summed E-state index contributed by atoms with van der Waals surface area (Å²) in [5.74, 6) is 1.13. The predicted octanol–water partition coefficient (Wildman–Crippen LogP) is 3.20. The molecule has 1 saturated heterocycles. The van der Waals surface area contributed by atoms with Crippen LogP contribution < -0.4 is 10.6 Å². The Bertz CT molecular complexity index is 437. The third-order valence-electron chi connectivity index (χ3n) is 3.93. The van der Waals surface area contributed by atoms with Crippen molar-refractivity contribution in [3.05, 3.63) is 24.0 Å². The van der Waals surface area contributed by atoms with Crippen LogP contribution in [0.1, 0.15) is 31.9 Å². The number of hydrogen-bond donors (Lipinski definition) is 2. The highest BCUT2D eigenvalue weighted by molar-refractivity contribution is 5.91. The molecule has 1 aromatic rings. The van der Waals surface area contributed by atoms with E-state index in [2.05, 4.69) is 22.5 Å². The van der Waals surface area contributed by atoms with Crippen molar-refractivity contribution in [2.45, 2.75) is 33.1 Å². The molecule has 2 unspecified atom stereocenters. The number of piperidine rings is 1. The number of carbonyl (C=O) groups excluding carboxylic acids is 1. The molecule has 0 saturated carbocycles. The van der Waals surface area contributed by atoms with Gasteiger partial charge >= 0.3 is 0 Å². The van der Waals surface area contributed by atoms with Crippen LogP contribution in [0.3, 0.4) is 0 Å². The van der Waals surface area contributed by atoms with Crippen molar-refractivity contribution in [1.29, 1.82) is 0 Å². The zero-order valence-corrected chi connectivity index (χ0v) is 14.2. The average molecular weight is 334 g/mol. The molecule has 120 valence electrons. The molecule has 2 rings (SSSR count). The number of anilines is 1. The number of amides is 1. The second kappa shape index (κ2) is 9.98. The zero-order chi connectivity index (χ0) is 13.7. The number of pyridine rings is 1. The Morgan fingerprint density at radius 3 is 2.90 bits per heavy atom. The van der Waals surface area contributed by atoms with E-state index in [9.17, 15) is 4.79 Å². The minimum absolute atomic E-state index is 0. The number of aromatic nitrogens is 1. The standard InChI is InChI=1S/C15H23N3O.2ClH/c1-11(13-5-3-7-16-10-13)9-15(19)18-14-6-4-8-17-12(14)2;;/h4,6,8,11,13,16H,3,5,7,9-10H2,1-2H3,(H,18,19);2*1H. The fraction of sp³-hybridized carbons (Fsp3) is 0.600. The van der Waals surface area contributed by atoms with Crippen molar-refractivity contribution >= 4 is 36.4 Å². The molecule has 1 fully saturated rings. The smallest absolute Gasteiger partial charge is 0.224 e. The summed E-state index contributed by atoms with van der Waals surface area (Å²) in [6.07, 6.45) is 4.77. The van der Waals surface area contributed by atoms with Crippen LogP contribution in [-0.4, -0.2) is 24.0 Å². The molecule has 1 aromatic heterocycles. The number of carbonyl (C=O) groups is 1. The van der Waals surface area contributed by atoms with Gasteiger partial charge in [-0.25, -0.2) is 0 Å². The third-order valence-corrected chi connectivity index (χ3v) is 3.93. The largest absolute Gasteiger partial charge is 0.324 e. The van der Waals surface area contributed by atoms with Crippen molar-refractivity contribution in [2.75, 3.05) is 18.4 Å². The number of halogens is 2. The molecule has 1 amide bonds. The summed E-state index contributed by atoms with van der Waals surface area (Å²) in [7, 11) is 0. The van der Waals surface area contributed by atoms with E-state index in [0.717, 1.165) is 24.5 Å². The Hall–Kier alpha value is -0.840. The van der Waals surface area contributed by atoms with E-state index in [1.807, 2.05) is 19.1 Å². The molecule has 4 nitrogen and oxygen atoms in total. The minimum atomic E-state index is 0. The first-order valence-corrected chi connectivity index (χ1v) is 7.09. The Labute approximate surface area is 139 Å². The summed E-state index contributed by atoms with van der Waals surface area (Å²) < 4.78 is 0. The van der Waals surface area contributed by atoms with E-state index in [0.29, 0.717) is 18.3 Å². The molecule has 2 heterocycles. The Morgan fingerprint density at radius 2 is 2.29 bits per heavy atom. The van der Waals surface area contributed by atoms with E-state index in [-0.39, 0.29) is 30.7 Å². The van der Waals surface area contributed by atoms with Gasteiger partial charge in [0.25, 0.3) is 0 Å². The van der Waals surface area contributed by atoms with Gasteiger partial charge in [-0.1, -0.05) is 6.92 Å². The number of hydrogen-bond acceptors (Lipinski definition) is 3. The molecule has 21 heavy (non-hydrogen) atoms. The maximum Gasteiger partial charge on any atom is 0.224 e. The summed E-state index contributed by atoms with van der Waals surface area (Å²) >= 11 is 0. The monoisotopic (exact) mass is 333 g/mol. The van der Waals surface area contributed by atoms with E-state index < -0.39 is 0 Å². The van der Waals surface area contributed by atoms with Gasteiger partial charge in [-0.3, -0.25) is 9.78 Å². The van der Waals surface area contributed by atoms with Crippen LogP contribution in [0.4, 0.5) is 5.69 Å². The van der Waals surface area contributed by atoms with Crippen molar-refractivity contribution in [3.63, 3.8) is 0 Å². The first-order valence-electron chi connectivity index (χ1n) is 7.09. The van der Waals surface area contributed by atoms with Crippen molar-refractivity contribution in [1.82, 2.24) is 10.3 Å². The normalized spacial score (nSPS) is 18.9. The predicted molar refractivity (Wildman–Crippen MR) is 91.5 cm³/mol. The molecule has 0 bridgehead atoms. The van der Waals surface area contributed by atoms with Gasteiger partial charge < -0.3 is 10.6 Å². The lowest BCUT2D eigenvalue weighted by molar-refractivity contribution is -0.117. The highest BCUT2D eigenvalue weighted by Crippen LogP contribution is 2.23. The number of rotatable bonds is 4. The molecule has 6 heteroatoms. The van der Waals surface area contributed by atoms with Gasteiger partial charge in [0.1, 0.15) is 0 Å². The van der Waals surface area contributed by atoms with Gasteiger partial charge in [0, 0.05) is 12.6 Å². The first kappa shape index (κ1) is 20.2. The lowest BCUT2D eigenvalue weighted by Crippen LogP contribution is -2.34. The molecule has 1 aliphatic heterocycles. The van der Waals surface area contributed by atoms with Crippen molar-refractivity contribution in [2.24, 2.45) is 11.8 Å². The summed E-state index contributed by atoms with van der Waals surface area (Å²) in [6.45, 7) is 6.24. The Kier molecular flexibility index (Phi) is 9.58. The van der Waals surface area contributed by atoms with Crippen LogP contribution in [-0.2, 0) is 4.79 Å². The van der Waals surface area contributed by atoms with E-state index in [1.165, 1.54) is 12.8 Å². The topological polar surface area (TPSA) is 54.0 Å². The number of aryl methyl sites for hydroxylation is 1. The summed E-state index contributed by atoms with van der Waals surface area (Å²) in [6, 6.07) is 3.74. The van der Waals surface area contributed by atoms with Crippen molar-refractivity contribution in [3.8, 4) is 0 Å². The Balaban J connectivity index is 0.00000200. The quantitative estimate of drug-likeness (QED) is 0.889.